The standard InChI is InChI=1S/C10H10ClNO/c1-4-7-8(11)5-6(2)10(13)9(7)12-3/h4-5,13H,1,3H2,2H3. The summed E-state index contributed by atoms with van der Waals surface area (Å²) in [6, 6.07) is 1.67. The maximum atomic E-state index is 9.59. The molecule has 1 rings (SSSR count). The molecule has 0 unspecified atom stereocenters. The van der Waals surface area contributed by atoms with E-state index in [9.17, 15) is 5.11 Å². The molecule has 1 aromatic carbocycles. The summed E-state index contributed by atoms with van der Waals surface area (Å²) in [4.78, 5) is 3.71. The molecule has 2 nitrogen and oxygen atoms in total. The number of nitrogens with zero attached hydrogens (tertiary/aromatic N) is 1. The number of phenolic OH excluding ortho intramolecular Hbond substituents is 1. The van der Waals surface area contributed by atoms with Crippen LogP contribution in [0, 0.1) is 6.92 Å². The molecular formula is C10H10ClNO. The lowest BCUT2D eigenvalue weighted by atomic mass is 10.1. The SMILES string of the molecule is C=Cc1c(Cl)cc(C)c(O)c1N=C. The minimum absolute atomic E-state index is 0.106. The second-order valence-corrected chi connectivity index (χ2v) is 3.06. The van der Waals surface area contributed by atoms with E-state index in [0.29, 0.717) is 21.8 Å². The van der Waals surface area contributed by atoms with Crippen LogP contribution in [0.1, 0.15) is 11.1 Å². The summed E-state index contributed by atoms with van der Waals surface area (Å²) in [5, 5.41) is 10.1. The highest BCUT2D eigenvalue weighted by Crippen LogP contribution is 2.38. The Morgan fingerprint density at radius 2 is 2.23 bits per heavy atom. The van der Waals surface area contributed by atoms with Gasteiger partial charge in [0.05, 0.1) is 5.02 Å². The fraction of sp³-hybridized carbons (Fsp3) is 0.100. The van der Waals surface area contributed by atoms with Gasteiger partial charge in [0.25, 0.3) is 0 Å². The van der Waals surface area contributed by atoms with Gasteiger partial charge in [-0.1, -0.05) is 24.3 Å². The predicted molar refractivity (Wildman–Crippen MR) is 57.2 cm³/mol. The third-order valence-electron chi connectivity index (χ3n) is 1.82. The molecular weight excluding hydrogens is 186 g/mol. The van der Waals surface area contributed by atoms with Crippen LogP contribution in [0.15, 0.2) is 17.6 Å². The average Bonchev–Trinajstić information content (AvgIpc) is 2.10. The second kappa shape index (κ2) is 3.62. The number of phenols is 1. The smallest absolute Gasteiger partial charge is 0.144 e. The van der Waals surface area contributed by atoms with E-state index in [4.69, 9.17) is 11.6 Å². The van der Waals surface area contributed by atoms with Crippen LogP contribution >= 0.6 is 11.6 Å². The lowest BCUT2D eigenvalue weighted by Crippen LogP contribution is -1.82. The molecule has 0 aromatic heterocycles. The molecule has 0 spiro atoms. The third-order valence-corrected chi connectivity index (χ3v) is 2.13. The molecule has 0 fully saturated rings. The van der Waals surface area contributed by atoms with E-state index in [1.165, 1.54) is 0 Å². The zero-order valence-corrected chi connectivity index (χ0v) is 8.10. The summed E-state index contributed by atoms with van der Waals surface area (Å²) in [7, 11) is 0. The van der Waals surface area contributed by atoms with Gasteiger partial charge in [0.1, 0.15) is 11.4 Å². The predicted octanol–water partition coefficient (Wildman–Crippen LogP) is 3.33. The molecule has 13 heavy (non-hydrogen) atoms. The highest BCUT2D eigenvalue weighted by Gasteiger charge is 2.10. The number of benzene rings is 1. The second-order valence-electron chi connectivity index (χ2n) is 2.65. The summed E-state index contributed by atoms with van der Waals surface area (Å²) in [5.41, 5.74) is 1.68. The van der Waals surface area contributed by atoms with E-state index < -0.39 is 0 Å². The summed E-state index contributed by atoms with van der Waals surface area (Å²) in [6.45, 7) is 8.71. The summed E-state index contributed by atoms with van der Waals surface area (Å²) in [5.74, 6) is 0.106. The highest BCUT2D eigenvalue weighted by atomic mass is 35.5. The van der Waals surface area contributed by atoms with Gasteiger partial charge in [-0.3, -0.25) is 4.99 Å². The number of halogens is 1. The Hall–Kier alpha value is -1.28. The zero-order chi connectivity index (χ0) is 10.0. The first kappa shape index (κ1) is 9.81. The molecule has 0 aliphatic carbocycles. The van der Waals surface area contributed by atoms with Crippen molar-refractivity contribution in [3.63, 3.8) is 0 Å². The van der Waals surface area contributed by atoms with Crippen molar-refractivity contribution >= 4 is 30.1 Å². The Labute approximate surface area is 82.2 Å². The Kier molecular flexibility index (Phi) is 2.73. The van der Waals surface area contributed by atoms with Crippen LogP contribution in [0.4, 0.5) is 5.69 Å². The van der Waals surface area contributed by atoms with Gasteiger partial charge in [0.15, 0.2) is 0 Å². The summed E-state index contributed by atoms with van der Waals surface area (Å²) >= 11 is 5.92. The van der Waals surface area contributed by atoms with Crippen LogP contribution in [0.3, 0.4) is 0 Å². The van der Waals surface area contributed by atoms with E-state index >= 15 is 0 Å². The van der Waals surface area contributed by atoms with Crippen LogP contribution in [0.25, 0.3) is 6.08 Å². The lowest BCUT2D eigenvalue weighted by molar-refractivity contribution is 0.472. The first-order valence-corrected chi connectivity index (χ1v) is 4.10. The van der Waals surface area contributed by atoms with E-state index in [0.717, 1.165) is 0 Å². The number of rotatable bonds is 2. The van der Waals surface area contributed by atoms with E-state index in [1.807, 2.05) is 0 Å². The number of hydrogen-bond acceptors (Lipinski definition) is 2. The van der Waals surface area contributed by atoms with Crippen molar-refractivity contribution in [3.8, 4) is 5.75 Å². The molecule has 1 aromatic rings. The van der Waals surface area contributed by atoms with Gasteiger partial charge in [-0.15, -0.1) is 0 Å². The summed E-state index contributed by atoms with van der Waals surface area (Å²) < 4.78 is 0. The molecule has 0 saturated heterocycles. The molecule has 0 aliphatic rings. The topological polar surface area (TPSA) is 32.6 Å². The Morgan fingerprint density at radius 3 is 2.69 bits per heavy atom. The molecule has 0 bridgehead atoms. The lowest BCUT2D eigenvalue weighted by Gasteiger charge is -2.08. The maximum absolute atomic E-state index is 9.59. The van der Waals surface area contributed by atoms with E-state index in [-0.39, 0.29) is 5.75 Å². The molecule has 0 atom stereocenters. The molecule has 3 heteroatoms. The fourth-order valence-corrected chi connectivity index (χ4v) is 1.45. The van der Waals surface area contributed by atoms with Gasteiger partial charge in [-0.25, -0.2) is 0 Å². The molecule has 0 aliphatic heterocycles. The monoisotopic (exact) mass is 195 g/mol. The van der Waals surface area contributed by atoms with Crippen molar-refractivity contribution in [3.05, 3.63) is 28.8 Å². The Balaban J connectivity index is 3.59. The van der Waals surface area contributed by atoms with Gasteiger partial charge in [0, 0.05) is 5.56 Å². The largest absolute Gasteiger partial charge is 0.505 e. The average molecular weight is 196 g/mol. The van der Waals surface area contributed by atoms with Crippen LogP contribution < -0.4 is 0 Å². The number of hydrogen-bond donors (Lipinski definition) is 1. The van der Waals surface area contributed by atoms with Gasteiger partial charge in [-0.2, -0.15) is 0 Å². The fourth-order valence-electron chi connectivity index (χ4n) is 1.12. The van der Waals surface area contributed by atoms with E-state index in [2.05, 4.69) is 18.3 Å². The van der Waals surface area contributed by atoms with Crippen molar-refractivity contribution in [2.75, 3.05) is 0 Å². The van der Waals surface area contributed by atoms with Crippen LogP contribution in [0.5, 0.6) is 5.75 Å². The minimum Gasteiger partial charge on any atom is -0.505 e. The van der Waals surface area contributed by atoms with Gasteiger partial charge >= 0.3 is 0 Å². The highest BCUT2D eigenvalue weighted by molar-refractivity contribution is 6.32. The van der Waals surface area contributed by atoms with Crippen LogP contribution in [-0.2, 0) is 0 Å². The third kappa shape index (κ3) is 1.58. The van der Waals surface area contributed by atoms with Crippen molar-refractivity contribution in [1.29, 1.82) is 0 Å². The molecule has 1 N–H and O–H groups in total. The maximum Gasteiger partial charge on any atom is 0.144 e. The minimum atomic E-state index is 0.106. The quantitative estimate of drug-likeness (QED) is 0.722. The number of aryl methyl sites for hydroxylation is 1. The van der Waals surface area contributed by atoms with Crippen molar-refractivity contribution in [2.45, 2.75) is 6.92 Å². The normalized spacial score (nSPS) is 9.69. The Morgan fingerprint density at radius 1 is 1.62 bits per heavy atom. The first-order chi connectivity index (χ1) is 6.11. The van der Waals surface area contributed by atoms with Gasteiger partial charge in [-0.05, 0) is 25.3 Å². The molecule has 0 amide bonds. The Bertz CT molecular complexity index is 372. The molecule has 68 valence electrons. The number of aromatic hydroxyl groups is 1. The van der Waals surface area contributed by atoms with Crippen molar-refractivity contribution < 1.29 is 5.11 Å². The molecule has 0 saturated carbocycles. The first-order valence-electron chi connectivity index (χ1n) is 3.73. The zero-order valence-electron chi connectivity index (χ0n) is 7.34. The van der Waals surface area contributed by atoms with Crippen molar-refractivity contribution in [1.82, 2.24) is 0 Å². The summed E-state index contributed by atoms with van der Waals surface area (Å²) in [6.07, 6.45) is 1.55. The number of aliphatic imine (C=N–C) groups is 1. The van der Waals surface area contributed by atoms with Gasteiger partial charge < -0.3 is 5.11 Å². The van der Waals surface area contributed by atoms with Crippen LogP contribution in [0.2, 0.25) is 5.02 Å². The van der Waals surface area contributed by atoms with E-state index in [1.54, 1.807) is 19.1 Å². The molecule has 0 heterocycles. The molecule has 0 radical (unpaired) electrons. The van der Waals surface area contributed by atoms with Gasteiger partial charge in [0.2, 0.25) is 0 Å². The van der Waals surface area contributed by atoms with Crippen molar-refractivity contribution in [2.24, 2.45) is 4.99 Å². The van der Waals surface area contributed by atoms with Crippen LogP contribution in [-0.4, -0.2) is 11.8 Å².